The van der Waals surface area contributed by atoms with E-state index in [4.69, 9.17) is 10.00 Å². The van der Waals surface area contributed by atoms with Crippen molar-refractivity contribution in [2.45, 2.75) is 47.5 Å². The summed E-state index contributed by atoms with van der Waals surface area (Å²) in [5, 5.41) is 8.77. The van der Waals surface area contributed by atoms with E-state index in [1.54, 1.807) is 0 Å². The smallest absolute Gasteiger partial charge is 0.0684 e. The molecule has 0 fully saturated rings. The van der Waals surface area contributed by atoms with Crippen molar-refractivity contribution in [3.05, 3.63) is 0 Å². The van der Waals surface area contributed by atoms with Gasteiger partial charge in [-0.05, 0) is 32.1 Å². The highest BCUT2D eigenvalue weighted by Crippen LogP contribution is 2.20. The van der Waals surface area contributed by atoms with E-state index in [1.165, 1.54) is 0 Å². The summed E-state index contributed by atoms with van der Waals surface area (Å²) in [5.41, 5.74) is 0.0898. The molecule has 0 aliphatic carbocycles. The molecule has 0 atom stereocenters. The molecule has 0 spiro atoms. The number of hydrogen-bond acceptors (Lipinski definition) is 2. The Kier molecular flexibility index (Phi) is 5.15. The Morgan fingerprint density at radius 2 is 1.50 bits per heavy atom. The fraction of sp³-hybridized carbons (Fsp3) is 0.917. The van der Waals surface area contributed by atoms with Crippen LogP contribution in [0.25, 0.3) is 0 Å². The first-order valence-corrected chi connectivity index (χ1v) is 5.26. The maximum atomic E-state index is 8.77. The van der Waals surface area contributed by atoms with Gasteiger partial charge < -0.3 is 4.74 Å². The number of nitrogens with zero attached hydrogens (tertiary/aromatic N) is 1. The van der Waals surface area contributed by atoms with Crippen molar-refractivity contribution >= 4 is 0 Å². The molecule has 0 unspecified atom stereocenters. The second-order valence-corrected chi connectivity index (χ2v) is 5.67. The van der Waals surface area contributed by atoms with Gasteiger partial charge in [-0.1, -0.05) is 20.8 Å². The van der Waals surface area contributed by atoms with Crippen molar-refractivity contribution in [3.8, 4) is 6.07 Å². The number of ether oxygens (including phenoxy) is 1. The third-order valence-corrected chi connectivity index (χ3v) is 2.17. The second kappa shape index (κ2) is 5.36. The van der Waals surface area contributed by atoms with Crippen molar-refractivity contribution < 1.29 is 4.74 Å². The summed E-state index contributed by atoms with van der Waals surface area (Å²) in [6, 6.07) is 2.27. The molecule has 0 rings (SSSR count). The Hall–Kier alpha value is -0.550. The zero-order valence-corrected chi connectivity index (χ0v) is 10.2. The molecule has 14 heavy (non-hydrogen) atoms. The first-order valence-electron chi connectivity index (χ1n) is 5.26. The summed E-state index contributed by atoms with van der Waals surface area (Å²) in [6.07, 6.45) is 1.88. The zero-order valence-electron chi connectivity index (χ0n) is 10.2. The summed E-state index contributed by atoms with van der Waals surface area (Å²) < 4.78 is 5.50. The van der Waals surface area contributed by atoms with Crippen LogP contribution in [0.3, 0.4) is 0 Å². The van der Waals surface area contributed by atoms with Crippen LogP contribution in [0.2, 0.25) is 0 Å². The normalized spacial score (nSPS) is 12.6. The van der Waals surface area contributed by atoms with Crippen LogP contribution in [0.15, 0.2) is 0 Å². The average Bonchev–Trinajstić information content (AvgIpc) is 2.01. The Balaban J connectivity index is 3.45. The summed E-state index contributed by atoms with van der Waals surface area (Å²) in [5.74, 6) is 0. The van der Waals surface area contributed by atoms with E-state index in [0.29, 0.717) is 12.0 Å². The molecular formula is C12H23NO. The van der Waals surface area contributed by atoms with Gasteiger partial charge in [0.05, 0.1) is 11.5 Å². The predicted octanol–water partition coefficient (Wildman–Crippen LogP) is 3.38. The molecule has 0 aromatic carbocycles. The standard InChI is InChI=1S/C12H23NO/c1-11(2,3)6-8-14-9-7-12(4,5)10-13/h6-9H2,1-5H3. The van der Waals surface area contributed by atoms with Crippen molar-refractivity contribution in [1.82, 2.24) is 0 Å². The minimum Gasteiger partial charge on any atom is -0.381 e. The largest absolute Gasteiger partial charge is 0.381 e. The molecule has 0 saturated heterocycles. The van der Waals surface area contributed by atoms with Crippen LogP contribution in [0, 0.1) is 22.2 Å². The highest BCUT2D eigenvalue weighted by Gasteiger charge is 2.16. The summed E-state index contributed by atoms with van der Waals surface area (Å²) in [7, 11) is 0. The minimum absolute atomic E-state index is 0.248. The SMILES string of the molecule is CC(C)(C)CCOCCC(C)(C)C#N. The highest BCUT2D eigenvalue weighted by atomic mass is 16.5. The molecule has 0 radical (unpaired) electrons. The minimum atomic E-state index is -0.248. The van der Waals surface area contributed by atoms with Gasteiger partial charge in [0.1, 0.15) is 0 Å². The monoisotopic (exact) mass is 197 g/mol. The fourth-order valence-corrected chi connectivity index (χ4v) is 0.864. The number of hydrogen-bond donors (Lipinski definition) is 0. The van der Waals surface area contributed by atoms with E-state index in [1.807, 2.05) is 13.8 Å². The molecule has 0 N–H and O–H groups in total. The van der Waals surface area contributed by atoms with Gasteiger partial charge in [-0.2, -0.15) is 5.26 Å². The molecule has 0 saturated carbocycles. The Morgan fingerprint density at radius 1 is 1.00 bits per heavy atom. The molecule has 0 bridgehead atoms. The van der Waals surface area contributed by atoms with E-state index in [9.17, 15) is 0 Å². The van der Waals surface area contributed by atoms with Crippen molar-refractivity contribution in [1.29, 1.82) is 5.26 Å². The summed E-state index contributed by atoms with van der Waals surface area (Å²) in [6.45, 7) is 12.0. The van der Waals surface area contributed by atoms with Crippen LogP contribution in [-0.2, 0) is 4.74 Å². The van der Waals surface area contributed by atoms with Gasteiger partial charge in [-0.3, -0.25) is 0 Å². The number of nitriles is 1. The lowest BCUT2D eigenvalue weighted by Crippen LogP contribution is -2.14. The van der Waals surface area contributed by atoms with E-state index in [0.717, 1.165) is 19.4 Å². The predicted molar refractivity (Wildman–Crippen MR) is 58.9 cm³/mol. The molecule has 2 heteroatoms. The zero-order chi connectivity index (χ0) is 11.2. The first kappa shape index (κ1) is 13.4. The van der Waals surface area contributed by atoms with Crippen LogP contribution >= 0.6 is 0 Å². The summed E-state index contributed by atoms with van der Waals surface area (Å²) >= 11 is 0. The highest BCUT2D eigenvalue weighted by molar-refractivity contribution is 4.91. The molecule has 0 aliphatic rings. The van der Waals surface area contributed by atoms with E-state index >= 15 is 0 Å². The summed E-state index contributed by atoms with van der Waals surface area (Å²) in [4.78, 5) is 0. The van der Waals surface area contributed by atoms with Crippen LogP contribution in [0.4, 0.5) is 0 Å². The lowest BCUT2D eigenvalue weighted by atomic mass is 9.92. The van der Waals surface area contributed by atoms with Crippen molar-refractivity contribution in [2.75, 3.05) is 13.2 Å². The molecule has 82 valence electrons. The van der Waals surface area contributed by atoms with E-state index in [-0.39, 0.29) is 5.41 Å². The van der Waals surface area contributed by atoms with Crippen molar-refractivity contribution in [3.63, 3.8) is 0 Å². The molecular weight excluding hydrogens is 174 g/mol. The molecule has 0 heterocycles. The average molecular weight is 197 g/mol. The maximum Gasteiger partial charge on any atom is 0.0684 e. The van der Waals surface area contributed by atoms with Gasteiger partial charge >= 0.3 is 0 Å². The van der Waals surface area contributed by atoms with Gasteiger partial charge in [-0.25, -0.2) is 0 Å². The first-order chi connectivity index (χ1) is 6.27. The maximum absolute atomic E-state index is 8.77. The van der Waals surface area contributed by atoms with Crippen LogP contribution < -0.4 is 0 Å². The van der Waals surface area contributed by atoms with Gasteiger partial charge in [-0.15, -0.1) is 0 Å². The second-order valence-electron chi connectivity index (χ2n) is 5.67. The number of rotatable bonds is 5. The topological polar surface area (TPSA) is 33.0 Å². The van der Waals surface area contributed by atoms with Crippen LogP contribution in [0.1, 0.15) is 47.5 Å². The van der Waals surface area contributed by atoms with E-state index in [2.05, 4.69) is 26.8 Å². The molecule has 0 amide bonds. The van der Waals surface area contributed by atoms with Gasteiger partial charge in [0.15, 0.2) is 0 Å². The Labute approximate surface area is 88.3 Å². The molecule has 0 aromatic heterocycles. The van der Waals surface area contributed by atoms with Gasteiger partial charge in [0.25, 0.3) is 0 Å². The fourth-order valence-electron chi connectivity index (χ4n) is 0.864. The Bertz CT molecular complexity index is 195. The third-order valence-electron chi connectivity index (χ3n) is 2.17. The Morgan fingerprint density at radius 3 is 1.93 bits per heavy atom. The lowest BCUT2D eigenvalue weighted by Gasteiger charge is -2.19. The quantitative estimate of drug-likeness (QED) is 0.633. The van der Waals surface area contributed by atoms with Crippen molar-refractivity contribution in [2.24, 2.45) is 10.8 Å². The van der Waals surface area contributed by atoms with Gasteiger partial charge in [0.2, 0.25) is 0 Å². The molecule has 2 nitrogen and oxygen atoms in total. The van der Waals surface area contributed by atoms with E-state index < -0.39 is 0 Å². The van der Waals surface area contributed by atoms with Crippen LogP contribution in [-0.4, -0.2) is 13.2 Å². The lowest BCUT2D eigenvalue weighted by molar-refractivity contribution is 0.0932. The molecule has 0 aliphatic heterocycles. The van der Waals surface area contributed by atoms with Gasteiger partial charge in [0, 0.05) is 13.2 Å². The molecule has 0 aromatic rings. The van der Waals surface area contributed by atoms with Crippen LogP contribution in [0.5, 0.6) is 0 Å². The third kappa shape index (κ3) is 8.07.